The van der Waals surface area contributed by atoms with Gasteiger partial charge in [0, 0.05) is 20.0 Å². The molecule has 1 N–H and O–H groups in total. The Labute approximate surface area is 277 Å². The highest BCUT2D eigenvalue weighted by molar-refractivity contribution is 6.74. The Morgan fingerprint density at radius 2 is 1.74 bits per heavy atom. The average Bonchev–Trinajstić information content (AvgIpc) is 3.25. The van der Waals surface area contributed by atoms with Crippen molar-refractivity contribution >= 4 is 31.4 Å². The summed E-state index contributed by atoms with van der Waals surface area (Å²) >= 11 is 0. The van der Waals surface area contributed by atoms with Crippen LogP contribution in [0.5, 0.6) is 0 Å². The van der Waals surface area contributed by atoms with Crippen LogP contribution in [0.1, 0.15) is 53.5 Å². The van der Waals surface area contributed by atoms with E-state index in [1.807, 2.05) is 36.4 Å². The van der Waals surface area contributed by atoms with Crippen molar-refractivity contribution in [3.63, 3.8) is 0 Å². The number of benzene rings is 2. The average molecular weight is 665 g/mol. The maximum Gasteiger partial charge on any atom is 0.419 e. The Morgan fingerprint density at radius 1 is 1.09 bits per heavy atom. The van der Waals surface area contributed by atoms with Gasteiger partial charge >= 0.3 is 11.8 Å². The molecule has 2 aromatic carbocycles. The quantitative estimate of drug-likeness (QED) is 0.315. The summed E-state index contributed by atoms with van der Waals surface area (Å²) in [7, 11) is -0.497. The molecule has 0 radical (unpaired) electrons. The molecular formula is C35H48N4O7Si. The number of nitriles is 1. The van der Waals surface area contributed by atoms with Gasteiger partial charge in [0.2, 0.25) is 0 Å². The Bertz CT molecular complexity index is 1680. The van der Waals surface area contributed by atoms with Gasteiger partial charge < -0.3 is 28.5 Å². The molecule has 11 nitrogen and oxygen atoms in total. The molecule has 1 aromatic heterocycles. The molecule has 254 valence electrons. The molecule has 1 aliphatic rings. The summed E-state index contributed by atoms with van der Waals surface area (Å²) in [5.41, 5.74) is 3.21. The van der Waals surface area contributed by atoms with Crippen LogP contribution >= 0.6 is 0 Å². The lowest BCUT2D eigenvalue weighted by atomic mass is 10.0. The van der Waals surface area contributed by atoms with Crippen LogP contribution in [0.4, 0.5) is 4.79 Å². The highest BCUT2D eigenvalue weighted by Crippen LogP contribution is 2.38. The van der Waals surface area contributed by atoms with Crippen LogP contribution in [-0.2, 0) is 32.2 Å². The third-order valence-electron chi connectivity index (χ3n) is 8.79. The number of nitrogens with zero attached hydrogens (tertiary/aromatic N) is 3. The van der Waals surface area contributed by atoms with Gasteiger partial charge in [0.05, 0.1) is 30.8 Å². The van der Waals surface area contributed by atoms with Crippen LogP contribution in [0.3, 0.4) is 0 Å². The second-order valence-corrected chi connectivity index (χ2v) is 19.5. The van der Waals surface area contributed by atoms with E-state index in [1.54, 1.807) is 33.9 Å². The van der Waals surface area contributed by atoms with Gasteiger partial charge in [0.25, 0.3) is 5.91 Å². The number of hydrogen-bond donors (Lipinski definition) is 1. The lowest BCUT2D eigenvalue weighted by Crippen LogP contribution is -2.53. The van der Waals surface area contributed by atoms with E-state index in [0.717, 1.165) is 16.7 Å². The Balaban J connectivity index is 1.46. The van der Waals surface area contributed by atoms with Gasteiger partial charge in [-0.05, 0) is 74.1 Å². The van der Waals surface area contributed by atoms with Crippen molar-refractivity contribution in [1.29, 1.82) is 5.26 Å². The number of oxazole rings is 1. The first-order chi connectivity index (χ1) is 21.9. The van der Waals surface area contributed by atoms with E-state index >= 15 is 0 Å². The zero-order chi connectivity index (χ0) is 34.7. The van der Waals surface area contributed by atoms with Crippen LogP contribution < -0.4 is 11.1 Å². The van der Waals surface area contributed by atoms with E-state index in [9.17, 15) is 19.6 Å². The molecule has 0 aliphatic carbocycles. The minimum Gasteiger partial charge on any atom is -0.444 e. The maximum absolute atomic E-state index is 13.6. The fourth-order valence-corrected chi connectivity index (χ4v) is 6.43. The number of carbonyl (C=O) groups excluding carboxylic acids is 2. The standard InChI is InChI=1S/C35H48N4O7Si/c1-34(2,3)45-33(42)39-17-16-27(46-47(8,9)35(4,5)6)22-43-30(21-39)31(40)37-26(20-36)18-23-10-12-24(13-11-23)25-14-15-29-28(19-25)38(7)32(41)44-29/h10-15,19,26-27,30H,16-18,21-22H2,1-9H3,(H,37,40)/t26-,27-,30-/m0/s1. The molecular weight excluding hydrogens is 616 g/mol. The monoisotopic (exact) mass is 664 g/mol. The van der Waals surface area contributed by atoms with Gasteiger partial charge in [-0.25, -0.2) is 9.59 Å². The van der Waals surface area contributed by atoms with Crippen LogP contribution in [0, 0.1) is 11.3 Å². The van der Waals surface area contributed by atoms with Gasteiger partial charge in [0.15, 0.2) is 20.0 Å². The molecule has 3 atom stereocenters. The van der Waals surface area contributed by atoms with E-state index in [4.69, 9.17) is 18.3 Å². The number of amides is 2. The SMILES string of the molecule is Cn1c(=O)oc2ccc(-c3ccc(C[C@@H](C#N)NC(=O)[C@@H]4CN(C(=O)OC(C)(C)C)CC[C@H](O[Si](C)(C)C(C)(C)C)CO4)cc3)cc21. The molecule has 0 spiro atoms. The number of rotatable bonds is 7. The summed E-state index contributed by atoms with van der Waals surface area (Å²) in [6, 6.07) is 14.6. The molecule has 2 heterocycles. The first-order valence-electron chi connectivity index (χ1n) is 16.0. The largest absolute Gasteiger partial charge is 0.444 e. The second-order valence-electron chi connectivity index (χ2n) is 14.7. The fraction of sp³-hybridized carbons (Fsp3) is 0.543. The van der Waals surface area contributed by atoms with Crippen LogP contribution in [0.15, 0.2) is 51.7 Å². The van der Waals surface area contributed by atoms with E-state index in [0.29, 0.717) is 24.1 Å². The van der Waals surface area contributed by atoms with Gasteiger partial charge in [-0.1, -0.05) is 51.1 Å². The van der Waals surface area contributed by atoms with Crippen molar-refractivity contribution in [3.8, 4) is 17.2 Å². The second kappa shape index (κ2) is 14.1. The molecule has 1 saturated heterocycles. The molecule has 2 amide bonds. The summed E-state index contributed by atoms with van der Waals surface area (Å²) in [6.07, 6.45) is -1.03. The number of aromatic nitrogens is 1. The molecule has 4 rings (SSSR count). The minimum absolute atomic E-state index is 0.00694. The smallest absolute Gasteiger partial charge is 0.419 e. The van der Waals surface area contributed by atoms with Crippen molar-refractivity contribution in [2.24, 2.45) is 7.05 Å². The molecule has 1 fully saturated rings. The zero-order valence-corrected chi connectivity index (χ0v) is 30.0. The first-order valence-corrected chi connectivity index (χ1v) is 18.9. The summed E-state index contributed by atoms with van der Waals surface area (Å²) in [5, 5.41) is 12.8. The van der Waals surface area contributed by atoms with Crippen molar-refractivity contribution in [3.05, 3.63) is 58.6 Å². The molecule has 0 saturated carbocycles. The van der Waals surface area contributed by atoms with E-state index < -0.39 is 43.8 Å². The van der Waals surface area contributed by atoms with Crippen molar-refractivity contribution in [2.75, 3.05) is 19.7 Å². The molecule has 1 aliphatic heterocycles. The topological polar surface area (TPSA) is 136 Å². The van der Waals surface area contributed by atoms with Gasteiger partial charge in [-0.15, -0.1) is 0 Å². The Morgan fingerprint density at radius 3 is 2.36 bits per heavy atom. The number of aryl methyl sites for hydroxylation is 1. The van der Waals surface area contributed by atoms with Crippen LogP contribution in [-0.4, -0.2) is 73.3 Å². The van der Waals surface area contributed by atoms with Gasteiger partial charge in [-0.3, -0.25) is 9.36 Å². The third kappa shape index (κ3) is 9.12. The van der Waals surface area contributed by atoms with Crippen molar-refractivity contribution in [1.82, 2.24) is 14.8 Å². The number of fused-ring (bicyclic) bond motifs is 1. The van der Waals surface area contributed by atoms with Gasteiger partial charge in [-0.2, -0.15) is 5.26 Å². The lowest BCUT2D eigenvalue weighted by molar-refractivity contribution is -0.137. The molecule has 0 bridgehead atoms. The summed E-state index contributed by atoms with van der Waals surface area (Å²) in [4.78, 5) is 40.1. The van der Waals surface area contributed by atoms with Crippen molar-refractivity contribution < 1.29 is 27.9 Å². The lowest BCUT2D eigenvalue weighted by Gasteiger charge is -2.41. The number of nitrogens with one attached hydrogen (secondary N) is 1. The summed E-state index contributed by atoms with van der Waals surface area (Å²) in [5.74, 6) is -0.896. The Hall–Kier alpha value is -3.92. The summed E-state index contributed by atoms with van der Waals surface area (Å²) < 4.78 is 25.1. The Kier molecular flexibility index (Phi) is 10.7. The maximum atomic E-state index is 13.6. The molecule has 3 aromatic rings. The molecule has 0 unspecified atom stereocenters. The van der Waals surface area contributed by atoms with Crippen molar-refractivity contribution in [2.45, 2.75) is 96.4 Å². The van der Waals surface area contributed by atoms with Gasteiger partial charge in [0.1, 0.15) is 11.6 Å². The van der Waals surface area contributed by atoms with E-state index in [2.05, 4.69) is 45.3 Å². The van der Waals surface area contributed by atoms with E-state index in [-0.39, 0.29) is 30.7 Å². The highest BCUT2D eigenvalue weighted by Gasteiger charge is 2.40. The highest BCUT2D eigenvalue weighted by atomic mass is 28.4. The fourth-order valence-electron chi connectivity index (χ4n) is 5.06. The normalized spacial score (nSPS) is 18.6. The van der Waals surface area contributed by atoms with Crippen LogP contribution in [0.2, 0.25) is 18.1 Å². The minimum atomic E-state index is -2.16. The third-order valence-corrected chi connectivity index (χ3v) is 13.3. The van der Waals surface area contributed by atoms with Crippen LogP contribution in [0.25, 0.3) is 22.2 Å². The first kappa shape index (κ1) is 35.9. The number of carbonyl (C=O) groups is 2. The van der Waals surface area contributed by atoms with E-state index in [1.165, 1.54) is 9.47 Å². The molecule has 47 heavy (non-hydrogen) atoms. The summed E-state index contributed by atoms with van der Waals surface area (Å²) in [6.45, 7) is 16.7. The number of hydrogen-bond acceptors (Lipinski definition) is 8. The number of ether oxygens (including phenoxy) is 2. The molecule has 12 heteroatoms. The predicted molar refractivity (Wildman–Crippen MR) is 182 cm³/mol. The predicted octanol–water partition coefficient (Wildman–Crippen LogP) is 5.77. The zero-order valence-electron chi connectivity index (χ0n) is 29.0.